The van der Waals surface area contributed by atoms with Gasteiger partial charge in [0, 0.05) is 42.9 Å². The number of hydrogen-bond acceptors (Lipinski definition) is 2. The quantitative estimate of drug-likeness (QED) is 0.551. The molecule has 1 aromatic heterocycles. The third-order valence-electron chi connectivity index (χ3n) is 5.38. The van der Waals surface area contributed by atoms with Crippen LogP contribution in [0.15, 0.2) is 54.7 Å². The number of rotatable bonds is 8. The number of carbonyl (C=O) groups excluding carboxylic acids is 1. The SMILES string of the molecule is CC(C)NC(=O)[C@H](C)[NH2+]C[C@@H](c1ccc(N(C)C)cc1)c1c[nH]c2ccccc12. The highest BCUT2D eigenvalue weighted by atomic mass is 16.2. The van der Waals surface area contributed by atoms with Gasteiger partial charge in [-0.15, -0.1) is 0 Å². The van der Waals surface area contributed by atoms with E-state index >= 15 is 0 Å². The zero-order chi connectivity index (χ0) is 21.0. The van der Waals surface area contributed by atoms with Crippen molar-refractivity contribution in [2.45, 2.75) is 38.8 Å². The van der Waals surface area contributed by atoms with Crippen molar-refractivity contribution in [3.8, 4) is 0 Å². The number of anilines is 1. The minimum atomic E-state index is -0.133. The molecular weight excluding hydrogens is 360 g/mol. The van der Waals surface area contributed by atoms with Crippen LogP contribution < -0.4 is 15.5 Å². The Kier molecular flexibility index (Phi) is 6.60. The fourth-order valence-electron chi connectivity index (χ4n) is 3.69. The Morgan fingerprint density at radius 1 is 1.07 bits per heavy atom. The van der Waals surface area contributed by atoms with E-state index in [1.54, 1.807) is 0 Å². The highest BCUT2D eigenvalue weighted by Crippen LogP contribution is 2.30. The zero-order valence-electron chi connectivity index (χ0n) is 18.1. The van der Waals surface area contributed by atoms with E-state index in [1.807, 2.05) is 26.8 Å². The molecule has 29 heavy (non-hydrogen) atoms. The van der Waals surface area contributed by atoms with Gasteiger partial charge in [0.15, 0.2) is 6.04 Å². The van der Waals surface area contributed by atoms with E-state index in [-0.39, 0.29) is 23.9 Å². The lowest BCUT2D eigenvalue weighted by Gasteiger charge is -2.20. The number of nitrogens with one attached hydrogen (secondary N) is 2. The van der Waals surface area contributed by atoms with Crippen molar-refractivity contribution in [1.82, 2.24) is 10.3 Å². The van der Waals surface area contributed by atoms with Crippen molar-refractivity contribution in [3.05, 3.63) is 65.9 Å². The van der Waals surface area contributed by atoms with E-state index in [1.165, 1.54) is 22.2 Å². The van der Waals surface area contributed by atoms with Gasteiger partial charge in [0.25, 0.3) is 5.91 Å². The summed E-state index contributed by atoms with van der Waals surface area (Å²) in [6.45, 7) is 6.76. The first-order valence-electron chi connectivity index (χ1n) is 10.3. The van der Waals surface area contributed by atoms with Crippen LogP contribution in [0.1, 0.15) is 37.8 Å². The fourth-order valence-corrected chi connectivity index (χ4v) is 3.69. The van der Waals surface area contributed by atoms with Crippen molar-refractivity contribution in [1.29, 1.82) is 0 Å². The van der Waals surface area contributed by atoms with Crippen LogP contribution in [-0.2, 0) is 4.79 Å². The monoisotopic (exact) mass is 393 g/mol. The predicted octanol–water partition coefficient (Wildman–Crippen LogP) is 2.84. The van der Waals surface area contributed by atoms with Gasteiger partial charge in [-0.1, -0.05) is 30.3 Å². The summed E-state index contributed by atoms with van der Waals surface area (Å²) in [5.41, 5.74) is 4.85. The molecule has 0 radical (unpaired) electrons. The number of para-hydroxylation sites is 1. The van der Waals surface area contributed by atoms with Crippen LogP contribution >= 0.6 is 0 Å². The Balaban J connectivity index is 1.88. The number of fused-ring (bicyclic) bond motifs is 1. The maximum atomic E-state index is 12.4. The van der Waals surface area contributed by atoms with E-state index in [2.05, 4.69) is 83.3 Å². The Morgan fingerprint density at radius 3 is 2.41 bits per heavy atom. The number of benzene rings is 2. The number of nitrogens with zero attached hydrogens (tertiary/aromatic N) is 1. The topological polar surface area (TPSA) is 64.7 Å². The molecule has 0 saturated heterocycles. The standard InChI is InChI=1S/C24H32N4O/c1-16(2)27-24(29)17(3)25-14-21(18-10-12-19(13-11-18)28(4)5)22-15-26-23-9-7-6-8-20(22)23/h6-13,15-17,21,25-26H,14H2,1-5H3,(H,27,29)/p+1/t17-,21-/m0/s1. The van der Waals surface area contributed by atoms with Gasteiger partial charge in [-0.25, -0.2) is 0 Å². The molecule has 3 rings (SSSR count). The van der Waals surface area contributed by atoms with Crippen molar-refractivity contribution in [2.24, 2.45) is 0 Å². The molecule has 5 heteroatoms. The van der Waals surface area contributed by atoms with Gasteiger partial charge in [-0.05, 0) is 50.1 Å². The van der Waals surface area contributed by atoms with Crippen LogP contribution in [0, 0.1) is 0 Å². The molecule has 3 aromatic rings. The highest BCUT2D eigenvalue weighted by molar-refractivity contribution is 5.84. The normalized spacial score (nSPS) is 13.4. The molecule has 0 bridgehead atoms. The maximum Gasteiger partial charge on any atom is 0.278 e. The molecule has 154 valence electrons. The van der Waals surface area contributed by atoms with E-state index in [4.69, 9.17) is 0 Å². The Labute approximate surface area is 173 Å². The van der Waals surface area contributed by atoms with Crippen LogP contribution in [0.4, 0.5) is 5.69 Å². The van der Waals surface area contributed by atoms with Gasteiger partial charge in [0.2, 0.25) is 0 Å². The molecule has 0 saturated carbocycles. The average molecular weight is 394 g/mol. The van der Waals surface area contributed by atoms with Crippen molar-refractivity contribution < 1.29 is 10.1 Å². The smallest absolute Gasteiger partial charge is 0.278 e. The molecule has 5 nitrogen and oxygen atoms in total. The molecule has 0 unspecified atom stereocenters. The largest absolute Gasteiger partial charge is 0.378 e. The fraction of sp³-hybridized carbons (Fsp3) is 0.375. The first kappa shape index (κ1) is 20.9. The average Bonchev–Trinajstić information content (AvgIpc) is 3.12. The molecule has 0 aliphatic rings. The highest BCUT2D eigenvalue weighted by Gasteiger charge is 2.23. The van der Waals surface area contributed by atoms with E-state index in [9.17, 15) is 4.79 Å². The van der Waals surface area contributed by atoms with Gasteiger partial charge in [0.1, 0.15) is 0 Å². The summed E-state index contributed by atoms with van der Waals surface area (Å²) in [5.74, 6) is 0.275. The van der Waals surface area contributed by atoms with Gasteiger partial charge < -0.3 is 20.5 Å². The number of amides is 1. The van der Waals surface area contributed by atoms with Crippen LogP contribution in [0.25, 0.3) is 10.9 Å². The maximum absolute atomic E-state index is 12.4. The molecule has 2 aromatic carbocycles. The minimum Gasteiger partial charge on any atom is -0.378 e. The molecule has 1 heterocycles. The Morgan fingerprint density at radius 2 is 1.76 bits per heavy atom. The lowest BCUT2D eigenvalue weighted by Crippen LogP contribution is -2.92. The third kappa shape index (κ3) is 4.98. The van der Waals surface area contributed by atoms with Crippen LogP contribution in [0.2, 0.25) is 0 Å². The van der Waals surface area contributed by atoms with Crippen molar-refractivity contribution >= 4 is 22.5 Å². The summed E-state index contributed by atoms with van der Waals surface area (Å²) in [6.07, 6.45) is 2.11. The second kappa shape index (κ2) is 9.14. The molecule has 0 aliphatic heterocycles. The van der Waals surface area contributed by atoms with E-state index in [0.29, 0.717) is 0 Å². The summed E-state index contributed by atoms with van der Waals surface area (Å²) < 4.78 is 0. The van der Waals surface area contributed by atoms with Gasteiger partial charge >= 0.3 is 0 Å². The van der Waals surface area contributed by atoms with E-state index in [0.717, 1.165) is 12.1 Å². The molecule has 0 fully saturated rings. The van der Waals surface area contributed by atoms with Crippen molar-refractivity contribution in [2.75, 3.05) is 25.5 Å². The van der Waals surface area contributed by atoms with Gasteiger partial charge in [-0.3, -0.25) is 4.79 Å². The van der Waals surface area contributed by atoms with Crippen LogP contribution in [0.3, 0.4) is 0 Å². The Hall–Kier alpha value is -2.79. The first-order chi connectivity index (χ1) is 13.9. The lowest BCUT2D eigenvalue weighted by atomic mass is 9.90. The number of hydrogen-bond donors (Lipinski definition) is 3. The number of aromatic amines is 1. The predicted molar refractivity (Wildman–Crippen MR) is 120 cm³/mol. The minimum absolute atomic E-state index is 0.0839. The summed E-state index contributed by atoms with van der Waals surface area (Å²) in [7, 11) is 4.10. The number of nitrogens with two attached hydrogens (primary N) is 1. The molecule has 4 N–H and O–H groups in total. The second-order valence-corrected chi connectivity index (χ2v) is 8.25. The molecular formula is C24H33N4O+. The third-order valence-corrected chi connectivity index (χ3v) is 5.38. The van der Waals surface area contributed by atoms with E-state index < -0.39 is 0 Å². The van der Waals surface area contributed by atoms with Gasteiger partial charge in [-0.2, -0.15) is 0 Å². The first-order valence-corrected chi connectivity index (χ1v) is 10.3. The number of carbonyl (C=O) groups is 1. The zero-order valence-corrected chi connectivity index (χ0v) is 18.1. The number of H-pyrrole nitrogens is 1. The summed E-state index contributed by atoms with van der Waals surface area (Å²) in [6, 6.07) is 17.1. The molecule has 0 aliphatic carbocycles. The van der Waals surface area contributed by atoms with Crippen molar-refractivity contribution in [3.63, 3.8) is 0 Å². The Bertz CT molecular complexity index is 943. The second-order valence-electron chi connectivity index (χ2n) is 8.25. The molecule has 1 amide bonds. The molecule has 2 atom stereocenters. The number of aromatic nitrogens is 1. The number of quaternary nitrogens is 1. The van der Waals surface area contributed by atoms with Gasteiger partial charge in [0.05, 0.1) is 12.5 Å². The van der Waals surface area contributed by atoms with Crippen LogP contribution in [-0.4, -0.2) is 43.6 Å². The summed E-state index contributed by atoms with van der Waals surface area (Å²) in [4.78, 5) is 17.9. The summed E-state index contributed by atoms with van der Waals surface area (Å²) >= 11 is 0. The molecule has 0 spiro atoms. The lowest BCUT2D eigenvalue weighted by molar-refractivity contribution is -0.674. The summed E-state index contributed by atoms with van der Waals surface area (Å²) in [5, 5.41) is 6.39. The van der Waals surface area contributed by atoms with Crippen LogP contribution in [0.5, 0.6) is 0 Å².